The average molecular weight is 458 g/mol. The van der Waals surface area contributed by atoms with Gasteiger partial charge in [0.1, 0.15) is 0 Å². The molecule has 0 atom stereocenters. The second-order valence-electron chi connectivity index (χ2n) is 9.12. The van der Waals surface area contributed by atoms with E-state index in [1.807, 2.05) is 18.2 Å². The van der Waals surface area contributed by atoms with Gasteiger partial charge < -0.3 is 24.7 Å². The number of benzene rings is 1. The zero-order valence-electron chi connectivity index (χ0n) is 19.2. The summed E-state index contributed by atoms with van der Waals surface area (Å²) in [6.45, 7) is 0.517. The molecule has 0 amide bonds. The zero-order chi connectivity index (χ0) is 22.5. The Labute approximate surface area is 195 Å². The smallest absolute Gasteiger partial charge is 0.253 e. The number of rotatable bonds is 6. The molecule has 1 heterocycles. The highest BCUT2D eigenvalue weighted by molar-refractivity contribution is 7.80. The number of nitrogens with zero attached hydrogens (tertiary/aromatic N) is 1. The quantitative estimate of drug-likeness (QED) is 0.602. The lowest BCUT2D eigenvalue weighted by Gasteiger charge is -2.38. The summed E-state index contributed by atoms with van der Waals surface area (Å²) < 4.78 is 10.8. The SMILES string of the molecule is COc1cc2cc(CN(C(=S)NC3CCCCC3)C3CCCCC3)c(=O)[nH]c2cc1OC. The summed E-state index contributed by atoms with van der Waals surface area (Å²) in [4.78, 5) is 18.3. The monoisotopic (exact) mass is 457 g/mol. The van der Waals surface area contributed by atoms with Crippen LogP contribution in [0.5, 0.6) is 11.5 Å². The van der Waals surface area contributed by atoms with Crippen LogP contribution in [0.1, 0.15) is 69.8 Å². The molecule has 2 aliphatic rings. The topological polar surface area (TPSA) is 66.6 Å². The van der Waals surface area contributed by atoms with Gasteiger partial charge in [0.2, 0.25) is 0 Å². The van der Waals surface area contributed by atoms with E-state index in [9.17, 15) is 4.79 Å². The van der Waals surface area contributed by atoms with Crippen molar-refractivity contribution in [2.45, 2.75) is 82.8 Å². The molecule has 0 aliphatic heterocycles. The van der Waals surface area contributed by atoms with Crippen molar-refractivity contribution < 1.29 is 9.47 Å². The Morgan fingerprint density at radius 3 is 2.28 bits per heavy atom. The third-order valence-electron chi connectivity index (χ3n) is 6.98. The third-order valence-corrected chi connectivity index (χ3v) is 7.33. The van der Waals surface area contributed by atoms with Crippen LogP contribution in [0.3, 0.4) is 0 Å². The number of hydrogen-bond acceptors (Lipinski definition) is 4. The van der Waals surface area contributed by atoms with E-state index in [1.54, 1.807) is 14.2 Å². The van der Waals surface area contributed by atoms with Gasteiger partial charge in [-0.2, -0.15) is 0 Å². The molecular formula is C25H35N3O3S. The molecule has 2 N–H and O–H groups in total. The number of aromatic amines is 1. The maximum Gasteiger partial charge on any atom is 0.253 e. The summed E-state index contributed by atoms with van der Waals surface area (Å²) >= 11 is 5.91. The number of methoxy groups -OCH3 is 2. The van der Waals surface area contributed by atoms with Crippen LogP contribution in [0.4, 0.5) is 0 Å². The molecule has 0 radical (unpaired) electrons. The van der Waals surface area contributed by atoms with Gasteiger partial charge >= 0.3 is 0 Å². The Bertz CT molecular complexity index is 994. The van der Waals surface area contributed by atoms with Crippen molar-refractivity contribution in [3.05, 3.63) is 34.1 Å². The predicted molar refractivity (Wildman–Crippen MR) is 133 cm³/mol. The molecule has 0 bridgehead atoms. The van der Waals surface area contributed by atoms with Crippen molar-refractivity contribution in [1.82, 2.24) is 15.2 Å². The molecule has 2 saturated carbocycles. The fourth-order valence-electron chi connectivity index (χ4n) is 5.14. The fourth-order valence-corrected chi connectivity index (χ4v) is 5.52. The largest absolute Gasteiger partial charge is 0.493 e. The second kappa shape index (κ2) is 10.6. The summed E-state index contributed by atoms with van der Waals surface area (Å²) in [6.07, 6.45) is 12.2. The lowest BCUT2D eigenvalue weighted by Crippen LogP contribution is -2.50. The molecule has 6 nitrogen and oxygen atoms in total. The molecule has 0 saturated heterocycles. The van der Waals surface area contributed by atoms with Gasteiger partial charge in [-0.1, -0.05) is 38.5 Å². The summed E-state index contributed by atoms with van der Waals surface area (Å²) in [7, 11) is 3.22. The van der Waals surface area contributed by atoms with Crippen molar-refractivity contribution >= 4 is 28.2 Å². The molecule has 0 unspecified atom stereocenters. The number of aromatic nitrogens is 1. The van der Waals surface area contributed by atoms with E-state index < -0.39 is 0 Å². The lowest BCUT2D eigenvalue weighted by atomic mass is 9.93. The molecule has 4 rings (SSSR count). The summed E-state index contributed by atoms with van der Waals surface area (Å²) in [5.41, 5.74) is 1.39. The minimum atomic E-state index is -0.0778. The number of nitrogens with one attached hydrogen (secondary N) is 2. The number of ether oxygens (including phenoxy) is 2. The minimum absolute atomic E-state index is 0.0778. The first-order valence-electron chi connectivity index (χ1n) is 11.9. The van der Waals surface area contributed by atoms with E-state index in [1.165, 1.54) is 51.4 Å². The Hall–Kier alpha value is -2.28. The lowest BCUT2D eigenvalue weighted by molar-refractivity contribution is 0.230. The van der Waals surface area contributed by atoms with Gasteiger partial charge in [0.15, 0.2) is 16.6 Å². The highest BCUT2D eigenvalue weighted by atomic mass is 32.1. The van der Waals surface area contributed by atoms with Crippen LogP contribution in [-0.4, -0.2) is 41.3 Å². The maximum atomic E-state index is 13.0. The predicted octanol–water partition coefficient (Wildman–Crippen LogP) is 4.89. The van der Waals surface area contributed by atoms with Crippen molar-refractivity contribution in [2.24, 2.45) is 0 Å². The minimum Gasteiger partial charge on any atom is -0.493 e. The van der Waals surface area contributed by atoms with E-state index in [0.717, 1.165) is 34.4 Å². The van der Waals surface area contributed by atoms with Gasteiger partial charge in [-0.25, -0.2) is 0 Å². The van der Waals surface area contributed by atoms with Crippen LogP contribution in [0.25, 0.3) is 10.9 Å². The normalized spacial score (nSPS) is 17.8. The third kappa shape index (κ3) is 5.20. The molecule has 1 aromatic heterocycles. The Morgan fingerprint density at radius 1 is 1.00 bits per heavy atom. The Balaban J connectivity index is 1.62. The molecular weight excluding hydrogens is 422 g/mol. The second-order valence-corrected chi connectivity index (χ2v) is 9.51. The number of thiocarbonyl (C=S) groups is 1. The van der Waals surface area contributed by atoms with Gasteiger partial charge in [0.25, 0.3) is 5.56 Å². The highest BCUT2D eigenvalue weighted by Gasteiger charge is 2.26. The molecule has 1 aromatic carbocycles. The summed E-state index contributed by atoms with van der Waals surface area (Å²) in [5.74, 6) is 1.25. The van der Waals surface area contributed by atoms with Gasteiger partial charge in [0, 0.05) is 29.1 Å². The van der Waals surface area contributed by atoms with Crippen LogP contribution >= 0.6 is 12.2 Å². The van der Waals surface area contributed by atoms with Crippen LogP contribution in [0, 0.1) is 0 Å². The highest BCUT2D eigenvalue weighted by Crippen LogP contribution is 2.31. The fraction of sp³-hybridized carbons (Fsp3) is 0.600. The first kappa shape index (κ1) is 22.9. The van der Waals surface area contributed by atoms with E-state index in [2.05, 4.69) is 15.2 Å². The van der Waals surface area contributed by atoms with Crippen molar-refractivity contribution in [1.29, 1.82) is 0 Å². The first-order valence-corrected chi connectivity index (χ1v) is 12.3. The number of H-pyrrole nitrogens is 1. The van der Waals surface area contributed by atoms with E-state index in [4.69, 9.17) is 21.7 Å². The van der Waals surface area contributed by atoms with E-state index in [-0.39, 0.29) is 5.56 Å². The standard InChI is InChI=1S/C25H35N3O3S/c1-30-22-14-17-13-18(24(29)27-21(17)15-23(22)31-2)16-28(20-11-7-4-8-12-20)25(32)26-19-9-5-3-6-10-19/h13-15,19-20H,3-12,16H2,1-2H3,(H,26,32)(H,27,29). The molecule has 0 spiro atoms. The van der Waals surface area contributed by atoms with Crippen LogP contribution in [0.2, 0.25) is 0 Å². The van der Waals surface area contributed by atoms with Gasteiger partial charge in [-0.15, -0.1) is 0 Å². The molecule has 32 heavy (non-hydrogen) atoms. The Morgan fingerprint density at radius 2 is 1.62 bits per heavy atom. The average Bonchev–Trinajstić information content (AvgIpc) is 2.83. The Kier molecular flexibility index (Phi) is 7.55. The van der Waals surface area contributed by atoms with Gasteiger partial charge in [0.05, 0.1) is 26.3 Å². The number of hydrogen-bond donors (Lipinski definition) is 2. The molecule has 2 aliphatic carbocycles. The van der Waals surface area contributed by atoms with E-state index >= 15 is 0 Å². The van der Waals surface area contributed by atoms with Crippen molar-refractivity contribution in [2.75, 3.05) is 14.2 Å². The van der Waals surface area contributed by atoms with E-state index in [0.29, 0.717) is 30.1 Å². The van der Waals surface area contributed by atoms with Crippen molar-refractivity contribution in [3.8, 4) is 11.5 Å². The van der Waals surface area contributed by atoms with Crippen LogP contribution < -0.4 is 20.3 Å². The van der Waals surface area contributed by atoms with Crippen LogP contribution in [0.15, 0.2) is 23.0 Å². The van der Waals surface area contributed by atoms with Crippen LogP contribution in [-0.2, 0) is 6.54 Å². The number of pyridine rings is 1. The summed E-state index contributed by atoms with van der Waals surface area (Å²) in [6, 6.07) is 6.53. The zero-order valence-corrected chi connectivity index (χ0v) is 20.1. The molecule has 174 valence electrons. The molecule has 2 fully saturated rings. The number of fused-ring (bicyclic) bond motifs is 1. The molecule has 7 heteroatoms. The molecule has 2 aromatic rings. The maximum absolute atomic E-state index is 13.0. The van der Waals surface area contributed by atoms with Gasteiger partial charge in [-0.3, -0.25) is 4.79 Å². The first-order chi connectivity index (χ1) is 15.6. The van der Waals surface area contributed by atoms with Crippen molar-refractivity contribution in [3.63, 3.8) is 0 Å². The van der Waals surface area contributed by atoms with Gasteiger partial charge in [-0.05, 0) is 50.0 Å². The summed E-state index contributed by atoms with van der Waals surface area (Å²) in [5, 5.41) is 5.36.